The summed E-state index contributed by atoms with van der Waals surface area (Å²) < 4.78 is 7.31. The van der Waals surface area contributed by atoms with E-state index in [1.807, 2.05) is 24.0 Å². The summed E-state index contributed by atoms with van der Waals surface area (Å²) in [6, 6.07) is 2.03. The summed E-state index contributed by atoms with van der Waals surface area (Å²) in [7, 11) is 1.95. The summed E-state index contributed by atoms with van der Waals surface area (Å²) in [5, 5.41) is 11.5. The molecule has 3 N–H and O–H groups in total. The van der Waals surface area contributed by atoms with Gasteiger partial charge < -0.3 is 10.5 Å². The topological polar surface area (TPSA) is 80.2 Å². The minimum absolute atomic E-state index is 0.121. The maximum absolute atomic E-state index is 7.40. The van der Waals surface area contributed by atoms with Gasteiger partial charge in [0.1, 0.15) is 11.9 Å². The van der Waals surface area contributed by atoms with Crippen molar-refractivity contribution in [1.82, 2.24) is 14.7 Å². The summed E-state index contributed by atoms with van der Waals surface area (Å²) in [5.41, 5.74) is 6.68. The number of hydrogen-bond donors (Lipinski definition) is 2. The van der Waals surface area contributed by atoms with Crippen LogP contribution in [0.15, 0.2) is 12.3 Å². The van der Waals surface area contributed by atoms with Crippen molar-refractivity contribution in [2.45, 2.75) is 12.5 Å². The minimum Gasteiger partial charge on any atom is -0.385 e. The molecule has 1 aliphatic rings. The van der Waals surface area contributed by atoms with Crippen LogP contribution in [-0.4, -0.2) is 52.9 Å². The van der Waals surface area contributed by atoms with Crippen LogP contribution in [0.25, 0.3) is 0 Å². The van der Waals surface area contributed by atoms with E-state index in [1.165, 1.54) is 5.69 Å². The van der Waals surface area contributed by atoms with Crippen molar-refractivity contribution in [1.29, 1.82) is 5.41 Å². The van der Waals surface area contributed by atoms with E-state index >= 15 is 0 Å². The van der Waals surface area contributed by atoms with Crippen LogP contribution in [0, 0.1) is 5.41 Å². The molecule has 0 amide bonds. The third kappa shape index (κ3) is 3.04. The van der Waals surface area contributed by atoms with Crippen molar-refractivity contribution in [3.63, 3.8) is 0 Å². The number of rotatable bonds is 4. The molecule has 1 saturated heterocycles. The van der Waals surface area contributed by atoms with Gasteiger partial charge >= 0.3 is 0 Å². The Morgan fingerprint density at radius 3 is 3.18 bits per heavy atom. The first-order valence-corrected chi connectivity index (χ1v) is 5.81. The van der Waals surface area contributed by atoms with E-state index in [4.69, 9.17) is 15.9 Å². The van der Waals surface area contributed by atoms with Crippen molar-refractivity contribution < 1.29 is 4.74 Å². The second kappa shape index (κ2) is 5.29. The highest BCUT2D eigenvalue weighted by atomic mass is 16.5. The largest absolute Gasteiger partial charge is 0.385 e. The van der Waals surface area contributed by atoms with Crippen LogP contribution in [0.1, 0.15) is 5.69 Å². The van der Waals surface area contributed by atoms with Gasteiger partial charge in [-0.25, -0.2) is 0 Å². The highest BCUT2D eigenvalue weighted by Crippen LogP contribution is 2.07. The second-order valence-electron chi connectivity index (χ2n) is 4.31. The number of aryl methyl sites for hydroxylation is 1. The van der Waals surface area contributed by atoms with E-state index in [0.29, 0.717) is 13.2 Å². The molecule has 0 radical (unpaired) electrons. The lowest BCUT2D eigenvalue weighted by Crippen LogP contribution is -2.48. The van der Waals surface area contributed by atoms with Gasteiger partial charge in [0.2, 0.25) is 0 Å². The quantitative estimate of drug-likeness (QED) is 0.551. The molecule has 1 unspecified atom stereocenters. The molecular weight excluding hydrogens is 218 g/mol. The number of nitrogens with one attached hydrogen (secondary N) is 1. The van der Waals surface area contributed by atoms with Crippen LogP contribution in [0.5, 0.6) is 0 Å². The Morgan fingerprint density at radius 1 is 1.71 bits per heavy atom. The number of ether oxygens (including phenoxy) is 1. The molecule has 0 aliphatic carbocycles. The number of amidine groups is 1. The minimum atomic E-state index is -0.240. The van der Waals surface area contributed by atoms with Crippen LogP contribution < -0.4 is 5.73 Å². The number of aromatic nitrogens is 2. The molecule has 1 fully saturated rings. The van der Waals surface area contributed by atoms with Gasteiger partial charge in [0.05, 0.1) is 6.61 Å². The van der Waals surface area contributed by atoms with Gasteiger partial charge in [0.25, 0.3) is 0 Å². The predicted octanol–water partition coefficient (Wildman–Crippen LogP) is -0.401. The maximum atomic E-state index is 7.40. The van der Waals surface area contributed by atoms with E-state index in [1.54, 1.807) is 0 Å². The fourth-order valence-electron chi connectivity index (χ4n) is 2.01. The SMILES string of the molecule is Cn1nccc1CCN1CCOC(C(=N)N)C1. The fourth-order valence-corrected chi connectivity index (χ4v) is 2.01. The van der Waals surface area contributed by atoms with Crippen LogP contribution in [0.4, 0.5) is 0 Å². The van der Waals surface area contributed by atoms with Gasteiger partial charge in [0, 0.05) is 45.0 Å². The Balaban J connectivity index is 1.83. The molecule has 1 aromatic heterocycles. The molecule has 94 valence electrons. The standard InChI is InChI=1S/C11H19N5O/c1-15-9(2-4-14-15)3-5-16-6-7-17-10(8-16)11(12)13/h2,4,10H,3,5-8H2,1H3,(H3,12,13). The van der Waals surface area contributed by atoms with Crippen molar-refractivity contribution in [3.05, 3.63) is 18.0 Å². The van der Waals surface area contributed by atoms with Crippen LogP contribution in [-0.2, 0) is 18.2 Å². The zero-order valence-electron chi connectivity index (χ0n) is 10.1. The third-order valence-corrected chi connectivity index (χ3v) is 3.10. The third-order valence-electron chi connectivity index (χ3n) is 3.10. The van der Waals surface area contributed by atoms with Crippen molar-refractivity contribution in [2.24, 2.45) is 12.8 Å². The summed E-state index contributed by atoms with van der Waals surface area (Å²) in [4.78, 5) is 2.28. The van der Waals surface area contributed by atoms with Crippen LogP contribution in [0.2, 0.25) is 0 Å². The first kappa shape index (κ1) is 12.1. The van der Waals surface area contributed by atoms with E-state index in [0.717, 1.165) is 19.5 Å². The molecule has 0 aromatic carbocycles. The number of nitrogens with zero attached hydrogens (tertiary/aromatic N) is 3. The second-order valence-corrected chi connectivity index (χ2v) is 4.31. The first-order chi connectivity index (χ1) is 8.16. The Morgan fingerprint density at radius 2 is 2.53 bits per heavy atom. The summed E-state index contributed by atoms with van der Waals surface area (Å²) in [6.07, 6.45) is 2.53. The zero-order chi connectivity index (χ0) is 12.3. The molecule has 6 heteroatoms. The Bertz CT molecular complexity index is 389. The smallest absolute Gasteiger partial charge is 0.127 e. The Hall–Kier alpha value is -1.40. The normalized spacial score (nSPS) is 21.6. The van der Waals surface area contributed by atoms with Crippen molar-refractivity contribution >= 4 is 5.84 Å². The molecule has 1 aliphatic heterocycles. The monoisotopic (exact) mass is 237 g/mol. The molecule has 2 rings (SSSR count). The average molecular weight is 237 g/mol. The molecule has 6 nitrogen and oxygen atoms in total. The van der Waals surface area contributed by atoms with Gasteiger partial charge in [-0.1, -0.05) is 0 Å². The lowest BCUT2D eigenvalue weighted by molar-refractivity contribution is 0.00601. The molecule has 1 aromatic rings. The molecule has 17 heavy (non-hydrogen) atoms. The van der Waals surface area contributed by atoms with Gasteiger partial charge in [0.15, 0.2) is 0 Å². The summed E-state index contributed by atoms with van der Waals surface area (Å²) in [5.74, 6) is 0.121. The lowest BCUT2D eigenvalue weighted by atomic mass is 10.2. The van der Waals surface area contributed by atoms with Crippen LogP contribution >= 0.6 is 0 Å². The Labute approximate surface area is 101 Å². The van der Waals surface area contributed by atoms with E-state index in [9.17, 15) is 0 Å². The highest BCUT2D eigenvalue weighted by Gasteiger charge is 2.22. The van der Waals surface area contributed by atoms with Gasteiger partial charge in [-0.3, -0.25) is 15.0 Å². The molecule has 2 heterocycles. The predicted molar refractivity (Wildman–Crippen MR) is 65.0 cm³/mol. The number of morpholine rings is 1. The van der Waals surface area contributed by atoms with Gasteiger partial charge in [-0.05, 0) is 6.07 Å². The highest BCUT2D eigenvalue weighted by molar-refractivity contribution is 5.82. The molecule has 0 bridgehead atoms. The maximum Gasteiger partial charge on any atom is 0.127 e. The fraction of sp³-hybridized carbons (Fsp3) is 0.636. The van der Waals surface area contributed by atoms with E-state index in [2.05, 4.69) is 10.00 Å². The molecule has 0 spiro atoms. The lowest BCUT2D eigenvalue weighted by Gasteiger charge is -2.32. The van der Waals surface area contributed by atoms with Crippen LogP contribution in [0.3, 0.4) is 0 Å². The van der Waals surface area contributed by atoms with E-state index < -0.39 is 0 Å². The Kier molecular flexibility index (Phi) is 3.75. The van der Waals surface area contributed by atoms with Crippen molar-refractivity contribution in [3.8, 4) is 0 Å². The number of nitrogens with two attached hydrogens (primary N) is 1. The first-order valence-electron chi connectivity index (χ1n) is 5.81. The van der Waals surface area contributed by atoms with Crippen molar-refractivity contribution in [2.75, 3.05) is 26.2 Å². The van der Waals surface area contributed by atoms with Gasteiger partial charge in [-0.2, -0.15) is 5.10 Å². The van der Waals surface area contributed by atoms with Gasteiger partial charge in [-0.15, -0.1) is 0 Å². The number of hydrogen-bond acceptors (Lipinski definition) is 4. The molecule has 0 saturated carbocycles. The van der Waals surface area contributed by atoms with E-state index in [-0.39, 0.29) is 11.9 Å². The summed E-state index contributed by atoms with van der Waals surface area (Å²) >= 11 is 0. The zero-order valence-corrected chi connectivity index (χ0v) is 10.1. The summed E-state index contributed by atoms with van der Waals surface area (Å²) in [6.45, 7) is 3.22. The average Bonchev–Trinajstić information content (AvgIpc) is 2.72. The molecule has 1 atom stereocenters. The molecular formula is C11H19N5O.